The third-order valence-corrected chi connectivity index (χ3v) is 4.83. The van der Waals surface area contributed by atoms with Crippen LogP contribution in [0.1, 0.15) is 26.7 Å². The minimum absolute atomic E-state index is 0.697. The van der Waals surface area contributed by atoms with Crippen LogP contribution >= 0.6 is 27.7 Å². The van der Waals surface area contributed by atoms with Crippen molar-refractivity contribution in [3.05, 3.63) is 0 Å². The van der Waals surface area contributed by atoms with E-state index in [0.29, 0.717) is 5.41 Å². The molecular weight excluding hydrogens is 220 g/mol. The normalized spacial score (nSPS) is 35.7. The Kier molecular flexibility index (Phi) is 3.76. The van der Waals surface area contributed by atoms with Crippen LogP contribution in [-0.4, -0.2) is 16.8 Å². The Hall–Kier alpha value is 0.830. The fourth-order valence-electron chi connectivity index (χ4n) is 1.57. The Morgan fingerprint density at radius 2 is 2.27 bits per heavy atom. The highest BCUT2D eigenvalue weighted by Crippen LogP contribution is 2.56. The van der Waals surface area contributed by atoms with Crippen LogP contribution in [0.4, 0.5) is 0 Å². The molecule has 1 aliphatic rings. The summed E-state index contributed by atoms with van der Waals surface area (Å²) in [5.74, 6) is 3.60. The molecule has 0 radical (unpaired) electrons. The van der Waals surface area contributed by atoms with Gasteiger partial charge in [-0.1, -0.05) is 29.8 Å². The zero-order valence-corrected chi connectivity index (χ0v) is 9.80. The number of hydrogen-bond donors (Lipinski definition) is 0. The SMILES string of the molecule is CCSCCC1(CBr)CC1C. The molecule has 1 aliphatic carbocycles. The molecule has 2 atom stereocenters. The first-order valence-electron chi connectivity index (χ1n) is 4.39. The summed E-state index contributed by atoms with van der Waals surface area (Å²) in [5.41, 5.74) is 0.697. The van der Waals surface area contributed by atoms with Crippen molar-refractivity contribution in [2.24, 2.45) is 11.3 Å². The van der Waals surface area contributed by atoms with E-state index in [1.54, 1.807) is 0 Å². The molecule has 2 unspecified atom stereocenters. The summed E-state index contributed by atoms with van der Waals surface area (Å²) in [5, 5.41) is 1.21. The van der Waals surface area contributed by atoms with Gasteiger partial charge in [0.25, 0.3) is 0 Å². The minimum Gasteiger partial charge on any atom is -0.162 e. The lowest BCUT2D eigenvalue weighted by Crippen LogP contribution is -2.06. The fraction of sp³-hybridized carbons (Fsp3) is 1.00. The van der Waals surface area contributed by atoms with Crippen LogP contribution in [0.2, 0.25) is 0 Å². The Bertz CT molecular complexity index is 123. The number of rotatable bonds is 5. The van der Waals surface area contributed by atoms with Gasteiger partial charge in [0, 0.05) is 5.33 Å². The predicted molar refractivity (Wildman–Crippen MR) is 57.6 cm³/mol. The van der Waals surface area contributed by atoms with E-state index in [9.17, 15) is 0 Å². The van der Waals surface area contributed by atoms with Crippen LogP contribution in [0.15, 0.2) is 0 Å². The first-order chi connectivity index (χ1) is 5.25. The zero-order valence-electron chi connectivity index (χ0n) is 7.40. The van der Waals surface area contributed by atoms with Crippen molar-refractivity contribution < 1.29 is 0 Å². The van der Waals surface area contributed by atoms with Crippen LogP contribution in [-0.2, 0) is 0 Å². The predicted octanol–water partition coefficient (Wildman–Crippen LogP) is 3.55. The first-order valence-corrected chi connectivity index (χ1v) is 6.66. The van der Waals surface area contributed by atoms with Crippen molar-refractivity contribution >= 4 is 27.7 Å². The number of hydrogen-bond acceptors (Lipinski definition) is 1. The molecule has 0 N–H and O–H groups in total. The molecule has 0 bridgehead atoms. The molecule has 0 nitrogen and oxygen atoms in total. The van der Waals surface area contributed by atoms with Crippen molar-refractivity contribution in [2.75, 3.05) is 16.8 Å². The van der Waals surface area contributed by atoms with Crippen LogP contribution < -0.4 is 0 Å². The average molecular weight is 237 g/mol. The molecule has 0 amide bonds. The van der Waals surface area contributed by atoms with Crippen molar-refractivity contribution in [1.82, 2.24) is 0 Å². The molecule has 2 heteroatoms. The lowest BCUT2D eigenvalue weighted by atomic mass is 10.0. The highest BCUT2D eigenvalue weighted by atomic mass is 79.9. The molecule has 1 fully saturated rings. The van der Waals surface area contributed by atoms with Crippen LogP contribution in [0.3, 0.4) is 0 Å². The smallest absolute Gasteiger partial charge is 0.00909 e. The quantitative estimate of drug-likeness (QED) is 0.520. The van der Waals surface area contributed by atoms with E-state index in [4.69, 9.17) is 0 Å². The van der Waals surface area contributed by atoms with Crippen molar-refractivity contribution in [3.63, 3.8) is 0 Å². The minimum atomic E-state index is 0.697. The van der Waals surface area contributed by atoms with Gasteiger partial charge < -0.3 is 0 Å². The average Bonchev–Trinajstić information content (AvgIpc) is 2.64. The second-order valence-corrected chi connectivity index (χ2v) is 5.50. The van der Waals surface area contributed by atoms with Gasteiger partial charge in [-0.15, -0.1) is 0 Å². The Morgan fingerprint density at radius 1 is 1.64 bits per heavy atom. The van der Waals surface area contributed by atoms with E-state index in [1.807, 2.05) is 0 Å². The Balaban J connectivity index is 2.14. The molecule has 0 aromatic rings. The molecule has 1 rings (SSSR count). The van der Waals surface area contributed by atoms with Gasteiger partial charge in [-0.25, -0.2) is 0 Å². The maximum atomic E-state index is 3.62. The monoisotopic (exact) mass is 236 g/mol. The van der Waals surface area contributed by atoms with Gasteiger partial charge in [0.15, 0.2) is 0 Å². The van der Waals surface area contributed by atoms with E-state index in [0.717, 1.165) is 5.92 Å². The standard InChI is InChI=1S/C9H17BrS/c1-3-11-5-4-9(7-10)6-8(9)2/h8H,3-7H2,1-2H3. The van der Waals surface area contributed by atoms with E-state index in [-0.39, 0.29) is 0 Å². The van der Waals surface area contributed by atoms with Crippen molar-refractivity contribution in [2.45, 2.75) is 26.7 Å². The van der Waals surface area contributed by atoms with E-state index >= 15 is 0 Å². The highest BCUT2D eigenvalue weighted by Gasteiger charge is 2.48. The van der Waals surface area contributed by atoms with Gasteiger partial charge in [0.2, 0.25) is 0 Å². The summed E-state index contributed by atoms with van der Waals surface area (Å²) < 4.78 is 0. The number of alkyl halides is 1. The molecule has 1 saturated carbocycles. The van der Waals surface area contributed by atoms with Gasteiger partial charge in [-0.05, 0) is 35.7 Å². The van der Waals surface area contributed by atoms with Gasteiger partial charge in [0.05, 0.1) is 0 Å². The van der Waals surface area contributed by atoms with Crippen LogP contribution in [0.25, 0.3) is 0 Å². The summed E-state index contributed by atoms with van der Waals surface area (Å²) in [7, 11) is 0. The molecular formula is C9H17BrS. The fourth-order valence-corrected chi connectivity index (χ4v) is 3.47. The van der Waals surface area contributed by atoms with Gasteiger partial charge in [-0.3, -0.25) is 0 Å². The van der Waals surface area contributed by atoms with E-state index in [1.165, 1.54) is 29.7 Å². The number of halogens is 1. The van der Waals surface area contributed by atoms with Crippen molar-refractivity contribution in [1.29, 1.82) is 0 Å². The first kappa shape index (κ1) is 9.91. The lowest BCUT2D eigenvalue weighted by molar-refractivity contribution is 0.520. The molecule has 0 aromatic carbocycles. The number of thioether (sulfide) groups is 1. The van der Waals surface area contributed by atoms with Crippen molar-refractivity contribution in [3.8, 4) is 0 Å². The molecule has 0 heterocycles. The molecule has 0 spiro atoms. The lowest BCUT2D eigenvalue weighted by Gasteiger charge is -2.11. The maximum absolute atomic E-state index is 3.62. The summed E-state index contributed by atoms with van der Waals surface area (Å²) in [4.78, 5) is 0. The van der Waals surface area contributed by atoms with E-state index < -0.39 is 0 Å². The van der Waals surface area contributed by atoms with Crippen LogP contribution in [0, 0.1) is 11.3 Å². The molecule has 11 heavy (non-hydrogen) atoms. The molecule has 0 aliphatic heterocycles. The third-order valence-electron chi connectivity index (χ3n) is 2.81. The molecule has 0 aromatic heterocycles. The largest absolute Gasteiger partial charge is 0.162 e. The Morgan fingerprint density at radius 3 is 2.64 bits per heavy atom. The Labute approximate surface area is 82.6 Å². The van der Waals surface area contributed by atoms with Crippen LogP contribution in [0.5, 0.6) is 0 Å². The van der Waals surface area contributed by atoms with Gasteiger partial charge >= 0.3 is 0 Å². The van der Waals surface area contributed by atoms with E-state index in [2.05, 4.69) is 41.5 Å². The molecule has 66 valence electrons. The summed E-state index contributed by atoms with van der Waals surface area (Å²) >= 11 is 5.69. The second kappa shape index (κ2) is 4.18. The summed E-state index contributed by atoms with van der Waals surface area (Å²) in [6, 6.07) is 0. The van der Waals surface area contributed by atoms with Gasteiger partial charge in [-0.2, -0.15) is 11.8 Å². The zero-order chi connectivity index (χ0) is 8.32. The second-order valence-electron chi connectivity index (χ2n) is 3.55. The highest BCUT2D eigenvalue weighted by molar-refractivity contribution is 9.09. The third kappa shape index (κ3) is 2.38. The summed E-state index contributed by atoms with van der Waals surface area (Å²) in [6.07, 6.45) is 2.86. The maximum Gasteiger partial charge on any atom is 0.00909 e. The topological polar surface area (TPSA) is 0 Å². The summed E-state index contributed by atoms with van der Waals surface area (Å²) in [6.45, 7) is 4.61. The molecule has 0 saturated heterocycles. The van der Waals surface area contributed by atoms with Gasteiger partial charge in [0.1, 0.15) is 0 Å².